The van der Waals surface area contributed by atoms with Gasteiger partial charge in [-0.1, -0.05) is 13.8 Å². The molecule has 0 bridgehead atoms. The molecule has 2 aromatic heterocycles. The number of urea groups is 1. The summed E-state index contributed by atoms with van der Waals surface area (Å²) < 4.78 is 0. The Morgan fingerprint density at radius 1 is 1.21 bits per heavy atom. The molecule has 1 saturated heterocycles. The second-order valence-electron chi connectivity index (χ2n) is 9.87. The molecule has 0 atom stereocenters. The van der Waals surface area contributed by atoms with E-state index in [2.05, 4.69) is 26.7 Å². The van der Waals surface area contributed by atoms with Crippen LogP contribution in [0.4, 0.5) is 22.1 Å². The van der Waals surface area contributed by atoms with Crippen molar-refractivity contribution in [2.75, 3.05) is 48.8 Å². The van der Waals surface area contributed by atoms with Gasteiger partial charge in [0.05, 0.1) is 17.8 Å². The normalized spacial score (nSPS) is 17.2. The van der Waals surface area contributed by atoms with Gasteiger partial charge in [0.1, 0.15) is 23.4 Å². The molecule has 2 aromatic rings. The number of hydrogen-bond donors (Lipinski definition) is 2. The largest absolute Gasteiger partial charge is 0.381 e. The van der Waals surface area contributed by atoms with Gasteiger partial charge in [-0.3, -0.25) is 24.7 Å². The summed E-state index contributed by atoms with van der Waals surface area (Å²) in [4.78, 5) is 52.0. The summed E-state index contributed by atoms with van der Waals surface area (Å²) in [6.45, 7) is 6.59. The second-order valence-corrected chi connectivity index (χ2v) is 9.87. The number of hydrogen-bond acceptors (Lipinski definition) is 8. The molecule has 1 saturated carbocycles. The zero-order valence-electron chi connectivity index (χ0n) is 22.9. The fourth-order valence-corrected chi connectivity index (χ4v) is 4.78. The van der Waals surface area contributed by atoms with Crippen molar-refractivity contribution in [1.82, 2.24) is 19.8 Å². The number of fused-ring (bicyclic) bond motifs is 1. The van der Waals surface area contributed by atoms with Gasteiger partial charge in [-0.05, 0) is 50.8 Å². The minimum Gasteiger partial charge on any atom is -0.381 e. The molecule has 11 nitrogen and oxygen atoms in total. The highest BCUT2D eigenvalue weighted by molar-refractivity contribution is 6.02. The lowest BCUT2D eigenvalue weighted by Gasteiger charge is -2.30. The monoisotopic (exact) mass is 532 g/mol. The summed E-state index contributed by atoms with van der Waals surface area (Å²) in [5, 5.41) is 15.5. The van der Waals surface area contributed by atoms with Crippen LogP contribution in [0.2, 0.25) is 0 Å². The molecule has 2 fully saturated rings. The standard InChI is InChI=1S/C26H30N8O3.C2H6/c1-32-7-3-8-33(24(36)15-32)14-18-10-17-4-2-9-34(25(17)30-22(18)16-35)26(37)31-23-11-21(29-20-5-6-20)19(12-27)13-28-23;1-2/h10-11,13,16,20H,2-9,14-15H2,1H3,(H2,28,29,31,37);1-2H3. The highest BCUT2D eigenvalue weighted by Crippen LogP contribution is 2.30. The number of nitrogens with zero attached hydrogens (tertiary/aromatic N) is 6. The van der Waals surface area contributed by atoms with Crippen LogP contribution < -0.4 is 15.5 Å². The Morgan fingerprint density at radius 3 is 2.72 bits per heavy atom. The molecule has 3 amide bonds. The summed E-state index contributed by atoms with van der Waals surface area (Å²) in [6, 6.07) is 5.64. The van der Waals surface area contributed by atoms with E-state index in [-0.39, 0.29) is 11.6 Å². The van der Waals surface area contributed by atoms with Gasteiger partial charge in [-0.2, -0.15) is 5.26 Å². The van der Waals surface area contributed by atoms with Crippen LogP contribution in [0.25, 0.3) is 0 Å². The van der Waals surface area contributed by atoms with Crippen LogP contribution >= 0.6 is 0 Å². The van der Waals surface area contributed by atoms with Crippen LogP contribution in [0, 0.1) is 11.3 Å². The summed E-state index contributed by atoms with van der Waals surface area (Å²) in [6.07, 6.45) is 6.56. The third kappa shape index (κ3) is 6.70. The Labute approximate surface area is 229 Å². The number of pyridine rings is 2. The second kappa shape index (κ2) is 12.7. The van der Waals surface area contributed by atoms with E-state index in [0.29, 0.717) is 67.0 Å². The van der Waals surface area contributed by atoms with Crippen molar-refractivity contribution in [2.24, 2.45) is 0 Å². The van der Waals surface area contributed by atoms with Crippen LogP contribution in [-0.2, 0) is 17.8 Å². The van der Waals surface area contributed by atoms with E-state index in [0.717, 1.165) is 44.2 Å². The molecule has 0 aromatic carbocycles. The lowest BCUT2D eigenvalue weighted by atomic mass is 10.0. The quantitative estimate of drug-likeness (QED) is 0.541. The molecule has 206 valence electrons. The predicted octanol–water partition coefficient (Wildman–Crippen LogP) is 3.41. The third-order valence-electron chi connectivity index (χ3n) is 6.91. The average molecular weight is 533 g/mol. The van der Waals surface area contributed by atoms with Crippen molar-refractivity contribution in [3.05, 3.63) is 40.7 Å². The summed E-state index contributed by atoms with van der Waals surface area (Å²) in [5.74, 6) is 0.804. The van der Waals surface area contributed by atoms with E-state index < -0.39 is 6.03 Å². The van der Waals surface area contributed by atoms with Gasteiger partial charge in [0, 0.05) is 50.0 Å². The molecule has 1 aliphatic carbocycles. The van der Waals surface area contributed by atoms with Gasteiger partial charge >= 0.3 is 6.03 Å². The Morgan fingerprint density at radius 2 is 2.00 bits per heavy atom. The Hall–Kier alpha value is -4.04. The SMILES string of the molecule is CC.CN1CCCN(Cc2cc3c(nc2C=O)N(C(=O)Nc2cc(NC4CC4)c(C#N)cn2)CCC3)C(=O)C1. The zero-order chi connectivity index (χ0) is 27.9. The minimum atomic E-state index is -0.404. The first kappa shape index (κ1) is 28.0. The number of nitriles is 1. The number of aryl methyl sites for hydroxylation is 1. The average Bonchev–Trinajstić information content (AvgIpc) is 3.78. The van der Waals surface area contributed by atoms with Crippen LogP contribution in [0.1, 0.15) is 66.7 Å². The van der Waals surface area contributed by atoms with Crippen LogP contribution in [0.5, 0.6) is 0 Å². The van der Waals surface area contributed by atoms with Gasteiger partial charge in [0.25, 0.3) is 0 Å². The maximum absolute atomic E-state index is 13.2. The number of rotatable bonds is 6. The molecule has 0 spiro atoms. The van der Waals surface area contributed by atoms with Gasteiger partial charge in [0.2, 0.25) is 5.91 Å². The fraction of sp³-hybridized carbons (Fsp3) is 0.500. The molecule has 0 unspecified atom stereocenters. The van der Waals surface area contributed by atoms with Crippen molar-refractivity contribution in [1.29, 1.82) is 5.26 Å². The number of amides is 3. The molecule has 0 radical (unpaired) electrons. The van der Waals surface area contributed by atoms with Crippen molar-refractivity contribution in [3.8, 4) is 6.07 Å². The number of aldehydes is 1. The molecule has 2 N–H and O–H groups in total. The van der Waals surface area contributed by atoms with Gasteiger partial charge in [-0.25, -0.2) is 14.8 Å². The van der Waals surface area contributed by atoms with Crippen LogP contribution in [-0.4, -0.2) is 77.3 Å². The Balaban J connectivity index is 0.00000172. The van der Waals surface area contributed by atoms with Crippen molar-refractivity contribution in [3.63, 3.8) is 0 Å². The lowest BCUT2D eigenvalue weighted by molar-refractivity contribution is -0.131. The van der Waals surface area contributed by atoms with E-state index in [1.54, 1.807) is 11.0 Å². The molecule has 2 aliphatic heterocycles. The van der Waals surface area contributed by atoms with E-state index in [1.807, 2.05) is 31.9 Å². The summed E-state index contributed by atoms with van der Waals surface area (Å²) in [7, 11) is 1.93. The smallest absolute Gasteiger partial charge is 0.328 e. The van der Waals surface area contributed by atoms with E-state index in [9.17, 15) is 19.6 Å². The number of carbonyl (C=O) groups excluding carboxylic acids is 3. The van der Waals surface area contributed by atoms with E-state index >= 15 is 0 Å². The Bertz CT molecular complexity index is 1270. The van der Waals surface area contributed by atoms with Crippen LogP contribution in [0.15, 0.2) is 18.3 Å². The summed E-state index contributed by atoms with van der Waals surface area (Å²) in [5.41, 5.74) is 2.86. The molecule has 4 heterocycles. The highest BCUT2D eigenvalue weighted by Gasteiger charge is 2.28. The molecule has 11 heteroatoms. The number of carbonyl (C=O) groups is 3. The molecule has 39 heavy (non-hydrogen) atoms. The zero-order valence-corrected chi connectivity index (χ0v) is 22.9. The van der Waals surface area contributed by atoms with Gasteiger partial charge < -0.3 is 10.2 Å². The van der Waals surface area contributed by atoms with Crippen molar-refractivity contribution in [2.45, 2.75) is 58.5 Å². The first-order chi connectivity index (χ1) is 18.9. The van der Waals surface area contributed by atoms with Crippen molar-refractivity contribution < 1.29 is 14.4 Å². The minimum absolute atomic E-state index is 0.0287. The lowest BCUT2D eigenvalue weighted by Crippen LogP contribution is -2.40. The number of aromatic nitrogens is 2. The predicted molar refractivity (Wildman–Crippen MR) is 149 cm³/mol. The molecular formula is C28H36N8O3. The maximum atomic E-state index is 13.2. The highest BCUT2D eigenvalue weighted by atomic mass is 16.2. The maximum Gasteiger partial charge on any atom is 0.328 e. The molecule has 3 aliphatic rings. The number of anilines is 3. The van der Waals surface area contributed by atoms with E-state index in [4.69, 9.17) is 0 Å². The number of likely N-dealkylation sites (N-methyl/N-ethyl adjacent to an activating group) is 1. The molecule has 5 rings (SSSR count). The fourth-order valence-electron chi connectivity index (χ4n) is 4.78. The summed E-state index contributed by atoms with van der Waals surface area (Å²) >= 11 is 0. The van der Waals surface area contributed by atoms with Gasteiger partial charge in [-0.15, -0.1) is 0 Å². The first-order valence-electron chi connectivity index (χ1n) is 13.6. The third-order valence-corrected chi connectivity index (χ3v) is 6.91. The van der Waals surface area contributed by atoms with Gasteiger partial charge in [0.15, 0.2) is 6.29 Å². The van der Waals surface area contributed by atoms with E-state index in [1.165, 1.54) is 11.1 Å². The topological polar surface area (TPSA) is 135 Å². The first-order valence-corrected chi connectivity index (χ1v) is 13.6. The van der Waals surface area contributed by atoms with Crippen LogP contribution in [0.3, 0.4) is 0 Å². The Kier molecular flexibility index (Phi) is 9.09. The van der Waals surface area contributed by atoms with Crippen molar-refractivity contribution >= 4 is 35.5 Å². The number of nitrogens with one attached hydrogen (secondary N) is 2. The molecular weight excluding hydrogens is 496 g/mol.